The quantitative estimate of drug-likeness (QED) is 0.914. The van der Waals surface area contributed by atoms with Gasteiger partial charge in [0.25, 0.3) is 5.91 Å². The predicted molar refractivity (Wildman–Crippen MR) is 82.5 cm³/mol. The number of carbonyl (C=O) groups is 1. The van der Waals surface area contributed by atoms with Gasteiger partial charge in [0.05, 0.1) is 6.54 Å². The summed E-state index contributed by atoms with van der Waals surface area (Å²) in [6.45, 7) is 2.30. The van der Waals surface area contributed by atoms with Gasteiger partial charge in [0.2, 0.25) is 0 Å². The van der Waals surface area contributed by atoms with Crippen molar-refractivity contribution in [1.29, 1.82) is 0 Å². The highest BCUT2D eigenvalue weighted by Crippen LogP contribution is 2.26. The molecule has 2 aromatic rings. The zero-order valence-electron chi connectivity index (χ0n) is 11.4. The van der Waals surface area contributed by atoms with Gasteiger partial charge in [0, 0.05) is 23.1 Å². The first-order valence-electron chi connectivity index (χ1n) is 6.17. The molecule has 0 aliphatic carbocycles. The van der Waals surface area contributed by atoms with Crippen molar-refractivity contribution < 1.29 is 9.53 Å². The van der Waals surface area contributed by atoms with Crippen molar-refractivity contribution in [2.24, 2.45) is 0 Å². The highest BCUT2D eigenvalue weighted by atomic mass is 35.5. The van der Waals surface area contributed by atoms with Gasteiger partial charge in [-0.05, 0) is 36.1 Å². The molecule has 0 bridgehead atoms. The average Bonchev–Trinajstić information content (AvgIpc) is 2.98. The fourth-order valence-corrected chi connectivity index (χ4v) is 2.68. The number of hydrogen-bond acceptors (Lipinski definition) is 3. The van der Waals surface area contributed by atoms with E-state index in [-0.39, 0.29) is 5.91 Å². The van der Waals surface area contributed by atoms with Crippen LogP contribution >= 0.6 is 22.9 Å². The number of amides is 1. The second kappa shape index (κ2) is 6.39. The van der Waals surface area contributed by atoms with E-state index in [1.807, 2.05) is 41.9 Å². The molecule has 0 saturated heterocycles. The number of nitrogens with one attached hydrogen (secondary N) is 1. The lowest BCUT2D eigenvalue weighted by atomic mass is 9.95. The summed E-state index contributed by atoms with van der Waals surface area (Å²) >= 11 is 7.51. The molecular formula is C15H16ClNO2S. The molecule has 5 heteroatoms. The van der Waals surface area contributed by atoms with E-state index in [9.17, 15) is 4.79 Å². The van der Waals surface area contributed by atoms with Crippen LogP contribution in [0.2, 0.25) is 5.02 Å². The van der Waals surface area contributed by atoms with Gasteiger partial charge < -0.3 is 10.1 Å². The van der Waals surface area contributed by atoms with Crippen LogP contribution in [0.1, 0.15) is 22.8 Å². The van der Waals surface area contributed by atoms with Crippen molar-refractivity contribution in [2.75, 3.05) is 13.7 Å². The molecule has 1 aromatic carbocycles. The molecule has 20 heavy (non-hydrogen) atoms. The largest absolute Gasteiger partial charge is 0.372 e. The second-order valence-electron chi connectivity index (χ2n) is 4.64. The summed E-state index contributed by atoms with van der Waals surface area (Å²) in [4.78, 5) is 12.0. The van der Waals surface area contributed by atoms with Gasteiger partial charge in [-0.15, -0.1) is 0 Å². The Balaban J connectivity index is 2.10. The van der Waals surface area contributed by atoms with E-state index in [2.05, 4.69) is 5.32 Å². The number of hydrogen-bond donors (Lipinski definition) is 1. The van der Waals surface area contributed by atoms with Crippen LogP contribution in [-0.4, -0.2) is 19.6 Å². The number of ether oxygens (including phenoxy) is 1. The van der Waals surface area contributed by atoms with E-state index < -0.39 is 5.60 Å². The summed E-state index contributed by atoms with van der Waals surface area (Å²) < 4.78 is 5.58. The van der Waals surface area contributed by atoms with E-state index in [0.29, 0.717) is 17.1 Å². The molecule has 0 saturated carbocycles. The molecule has 106 valence electrons. The van der Waals surface area contributed by atoms with Crippen LogP contribution in [0.3, 0.4) is 0 Å². The lowest BCUT2D eigenvalue weighted by Crippen LogP contribution is -2.40. The summed E-state index contributed by atoms with van der Waals surface area (Å²) in [5.41, 5.74) is 0.981. The summed E-state index contributed by atoms with van der Waals surface area (Å²) in [6, 6.07) is 9.26. The maximum Gasteiger partial charge on any atom is 0.252 e. The first-order valence-corrected chi connectivity index (χ1v) is 7.49. The van der Waals surface area contributed by atoms with Gasteiger partial charge in [0.1, 0.15) is 5.60 Å². The molecule has 1 atom stereocenters. The van der Waals surface area contributed by atoms with Gasteiger partial charge in [0.15, 0.2) is 0 Å². The van der Waals surface area contributed by atoms with E-state index in [1.54, 1.807) is 13.2 Å². The molecule has 0 radical (unpaired) electrons. The van der Waals surface area contributed by atoms with Gasteiger partial charge in [-0.3, -0.25) is 4.79 Å². The number of halogens is 1. The first-order chi connectivity index (χ1) is 9.55. The monoisotopic (exact) mass is 309 g/mol. The van der Waals surface area contributed by atoms with Gasteiger partial charge in [-0.1, -0.05) is 23.7 Å². The molecule has 2 rings (SSSR count). The Morgan fingerprint density at radius 2 is 2.25 bits per heavy atom. The molecule has 1 heterocycles. The van der Waals surface area contributed by atoms with Crippen LogP contribution < -0.4 is 5.32 Å². The Labute approximate surface area is 127 Å². The SMILES string of the molecule is CO[C@@](C)(CNC(=O)c1ccsc1)c1cccc(Cl)c1. The molecule has 0 aliphatic rings. The maximum atomic E-state index is 12.0. The minimum absolute atomic E-state index is 0.100. The molecular weight excluding hydrogens is 294 g/mol. The molecule has 1 N–H and O–H groups in total. The first kappa shape index (κ1) is 15.0. The zero-order valence-corrected chi connectivity index (χ0v) is 12.9. The van der Waals surface area contributed by atoms with Gasteiger partial charge >= 0.3 is 0 Å². The molecule has 3 nitrogen and oxygen atoms in total. The van der Waals surface area contributed by atoms with Crippen LogP contribution in [0.25, 0.3) is 0 Å². The average molecular weight is 310 g/mol. The lowest BCUT2D eigenvalue weighted by molar-refractivity contribution is 0.00316. The third-order valence-corrected chi connectivity index (χ3v) is 4.17. The summed E-state index contributed by atoms with van der Waals surface area (Å²) in [6.07, 6.45) is 0. The van der Waals surface area contributed by atoms with Crippen molar-refractivity contribution >= 4 is 28.8 Å². The van der Waals surface area contributed by atoms with Crippen LogP contribution in [-0.2, 0) is 10.3 Å². The summed E-state index contributed by atoms with van der Waals surface area (Å²) in [5.74, 6) is -0.100. The van der Waals surface area contributed by atoms with Crippen molar-refractivity contribution in [3.8, 4) is 0 Å². The number of benzene rings is 1. The highest BCUT2D eigenvalue weighted by Gasteiger charge is 2.27. The van der Waals surface area contributed by atoms with Crippen molar-refractivity contribution in [3.05, 3.63) is 57.2 Å². The minimum atomic E-state index is -0.615. The summed E-state index contributed by atoms with van der Waals surface area (Å²) in [7, 11) is 1.62. The third kappa shape index (κ3) is 3.39. The second-order valence-corrected chi connectivity index (χ2v) is 5.86. The standard InChI is InChI=1S/C15H16ClNO2S/c1-15(19-2,12-4-3-5-13(16)8-12)10-17-14(18)11-6-7-20-9-11/h3-9H,10H2,1-2H3,(H,17,18)/t15-/m0/s1. The molecule has 1 aromatic heterocycles. The fraction of sp³-hybridized carbons (Fsp3) is 0.267. The third-order valence-electron chi connectivity index (χ3n) is 3.26. The topological polar surface area (TPSA) is 38.3 Å². The normalized spacial score (nSPS) is 13.8. The maximum absolute atomic E-state index is 12.0. The molecule has 0 aliphatic heterocycles. The van der Waals surface area contributed by atoms with Crippen LogP contribution in [0.4, 0.5) is 0 Å². The van der Waals surface area contributed by atoms with E-state index in [0.717, 1.165) is 5.56 Å². The summed E-state index contributed by atoms with van der Waals surface area (Å²) in [5, 5.41) is 7.24. The smallest absolute Gasteiger partial charge is 0.252 e. The molecule has 0 fully saturated rings. The van der Waals surface area contributed by atoms with Crippen molar-refractivity contribution in [3.63, 3.8) is 0 Å². The molecule has 0 spiro atoms. The Kier molecular flexibility index (Phi) is 4.81. The number of carbonyl (C=O) groups excluding carboxylic acids is 1. The lowest BCUT2D eigenvalue weighted by Gasteiger charge is -2.29. The Morgan fingerprint density at radius 3 is 2.85 bits per heavy atom. The van der Waals surface area contributed by atoms with Gasteiger partial charge in [-0.25, -0.2) is 0 Å². The Hall–Kier alpha value is -1.36. The minimum Gasteiger partial charge on any atom is -0.372 e. The molecule has 0 unspecified atom stereocenters. The predicted octanol–water partition coefficient (Wildman–Crippen LogP) is 3.69. The van der Waals surface area contributed by atoms with Crippen LogP contribution in [0.5, 0.6) is 0 Å². The highest BCUT2D eigenvalue weighted by molar-refractivity contribution is 7.08. The van der Waals surface area contributed by atoms with Crippen LogP contribution in [0.15, 0.2) is 41.1 Å². The van der Waals surface area contributed by atoms with Crippen molar-refractivity contribution in [2.45, 2.75) is 12.5 Å². The van der Waals surface area contributed by atoms with Gasteiger partial charge in [-0.2, -0.15) is 11.3 Å². The van der Waals surface area contributed by atoms with Crippen LogP contribution in [0, 0.1) is 0 Å². The van der Waals surface area contributed by atoms with E-state index >= 15 is 0 Å². The fourth-order valence-electron chi connectivity index (χ4n) is 1.85. The number of thiophene rings is 1. The number of methoxy groups -OCH3 is 1. The molecule has 1 amide bonds. The Bertz CT molecular complexity index is 585. The van der Waals surface area contributed by atoms with Crippen molar-refractivity contribution in [1.82, 2.24) is 5.32 Å². The van der Waals surface area contributed by atoms with E-state index in [1.165, 1.54) is 11.3 Å². The zero-order chi connectivity index (χ0) is 14.6. The number of rotatable bonds is 5. The van der Waals surface area contributed by atoms with E-state index in [4.69, 9.17) is 16.3 Å². The Morgan fingerprint density at radius 1 is 1.45 bits per heavy atom.